The van der Waals surface area contributed by atoms with Crippen molar-refractivity contribution in [1.29, 1.82) is 0 Å². The van der Waals surface area contributed by atoms with Crippen LogP contribution in [0.1, 0.15) is 40.3 Å². The highest BCUT2D eigenvalue weighted by molar-refractivity contribution is 5.01. The van der Waals surface area contributed by atoms with E-state index in [1.54, 1.807) is 0 Å². The van der Waals surface area contributed by atoms with Crippen molar-refractivity contribution in [2.24, 2.45) is 0 Å². The average molecular weight is 196 g/mol. The fraction of sp³-hybridized carbons (Fsp3) is 0.727. The fourth-order valence-electron chi connectivity index (χ4n) is 1.30. The quantitative estimate of drug-likeness (QED) is 0.743. The van der Waals surface area contributed by atoms with E-state index in [4.69, 9.17) is 4.74 Å². The molecule has 0 radical (unpaired) electrons. The van der Waals surface area contributed by atoms with Gasteiger partial charge in [-0.15, -0.1) is 0 Å². The third kappa shape index (κ3) is 2.84. The molecule has 0 aliphatic heterocycles. The Bertz CT molecular complexity index is 284. The summed E-state index contributed by atoms with van der Waals surface area (Å²) in [4.78, 5) is 0. The lowest BCUT2D eigenvalue weighted by Crippen LogP contribution is -2.25. The Morgan fingerprint density at radius 1 is 1.43 bits per heavy atom. The number of hydrogen-bond donors (Lipinski definition) is 0. The molecule has 0 aliphatic carbocycles. The number of aromatic nitrogens is 2. The summed E-state index contributed by atoms with van der Waals surface area (Å²) in [6, 6.07) is 2.01. The van der Waals surface area contributed by atoms with E-state index in [0.717, 1.165) is 5.69 Å². The van der Waals surface area contributed by atoms with Gasteiger partial charge in [-0.05, 0) is 40.7 Å². The van der Waals surface area contributed by atoms with Crippen LogP contribution in [0.3, 0.4) is 0 Å². The van der Waals surface area contributed by atoms with Crippen LogP contribution in [-0.4, -0.2) is 15.9 Å². The predicted molar refractivity (Wildman–Crippen MR) is 57.1 cm³/mol. The van der Waals surface area contributed by atoms with Crippen molar-refractivity contribution in [3.8, 4) is 0 Å². The van der Waals surface area contributed by atoms with Crippen LogP contribution in [-0.2, 0) is 16.9 Å². The highest BCUT2D eigenvalue weighted by atomic mass is 16.5. The Balaban J connectivity index is 2.73. The van der Waals surface area contributed by atoms with E-state index in [1.165, 1.54) is 0 Å². The normalized spacial score (nSPS) is 12.4. The van der Waals surface area contributed by atoms with Gasteiger partial charge in [0.1, 0.15) is 0 Å². The first-order valence-corrected chi connectivity index (χ1v) is 5.06. The molecule has 0 amide bonds. The fourth-order valence-corrected chi connectivity index (χ4v) is 1.30. The van der Waals surface area contributed by atoms with Gasteiger partial charge in [0, 0.05) is 6.20 Å². The van der Waals surface area contributed by atoms with E-state index >= 15 is 0 Å². The zero-order valence-corrected chi connectivity index (χ0v) is 9.74. The van der Waals surface area contributed by atoms with Crippen LogP contribution in [0.5, 0.6) is 0 Å². The minimum absolute atomic E-state index is 0.0270. The SMILES string of the molecule is CC(C)OCc1ccnn1C(C)(C)C. The third-order valence-electron chi connectivity index (χ3n) is 1.92. The topological polar surface area (TPSA) is 27.1 Å². The number of rotatable bonds is 3. The van der Waals surface area contributed by atoms with Gasteiger partial charge in [-0.2, -0.15) is 5.10 Å². The van der Waals surface area contributed by atoms with Crippen molar-refractivity contribution in [2.75, 3.05) is 0 Å². The van der Waals surface area contributed by atoms with Crippen LogP contribution in [0.15, 0.2) is 12.3 Å². The van der Waals surface area contributed by atoms with E-state index in [1.807, 2.05) is 30.8 Å². The van der Waals surface area contributed by atoms with Gasteiger partial charge in [-0.3, -0.25) is 4.68 Å². The molecule has 1 aromatic rings. The van der Waals surface area contributed by atoms with Crippen LogP contribution < -0.4 is 0 Å². The molecular weight excluding hydrogens is 176 g/mol. The lowest BCUT2D eigenvalue weighted by molar-refractivity contribution is 0.0586. The minimum atomic E-state index is 0.0270. The second-order valence-corrected chi connectivity index (χ2v) is 4.76. The Kier molecular flexibility index (Phi) is 3.32. The standard InChI is InChI=1S/C11H20N2O/c1-9(2)14-8-10-6-7-12-13(10)11(3,4)5/h6-7,9H,8H2,1-5H3. The molecule has 14 heavy (non-hydrogen) atoms. The van der Waals surface area contributed by atoms with Crippen molar-refractivity contribution in [3.63, 3.8) is 0 Å². The van der Waals surface area contributed by atoms with Crippen molar-refractivity contribution >= 4 is 0 Å². The maximum absolute atomic E-state index is 5.56. The zero-order chi connectivity index (χ0) is 10.8. The average Bonchev–Trinajstić information content (AvgIpc) is 2.46. The van der Waals surface area contributed by atoms with Crippen LogP contribution in [0, 0.1) is 0 Å². The van der Waals surface area contributed by atoms with Gasteiger partial charge in [0.05, 0.1) is 23.9 Å². The van der Waals surface area contributed by atoms with Gasteiger partial charge in [0.15, 0.2) is 0 Å². The Hall–Kier alpha value is -0.830. The van der Waals surface area contributed by atoms with Crippen molar-refractivity contribution in [1.82, 2.24) is 9.78 Å². The Morgan fingerprint density at radius 3 is 2.57 bits per heavy atom. The molecule has 1 heterocycles. The first-order valence-electron chi connectivity index (χ1n) is 5.06. The molecule has 80 valence electrons. The molecule has 3 nitrogen and oxygen atoms in total. The molecule has 0 saturated carbocycles. The van der Waals surface area contributed by atoms with E-state index < -0.39 is 0 Å². The smallest absolute Gasteiger partial charge is 0.0888 e. The largest absolute Gasteiger partial charge is 0.373 e. The van der Waals surface area contributed by atoms with Gasteiger partial charge >= 0.3 is 0 Å². The van der Waals surface area contributed by atoms with Gasteiger partial charge in [-0.1, -0.05) is 0 Å². The summed E-state index contributed by atoms with van der Waals surface area (Å²) in [7, 11) is 0. The summed E-state index contributed by atoms with van der Waals surface area (Å²) in [5.74, 6) is 0. The number of hydrogen-bond acceptors (Lipinski definition) is 2. The van der Waals surface area contributed by atoms with Gasteiger partial charge in [0.2, 0.25) is 0 Å². The maximum atomic E-state index is 5.56. The summed E-state index contributed by atoms with van der Waals surface area (Å²) in [6.45, 7) is 11.1. The van der Waals surface area contributed by atoms with Crippen LogP contribution in [0.4, 0.5) is 0 Å². The van der Waals surface area contributed by atoms with E-state index in [-0.39, 0.29) is 11.6 Å². The van der Waals surface area contributed by atoms with Crippen LogP contribution in [0.2, 0.25) is 0 Å². The Morgan fingerprint density at radius 2 is 2.07 bits per heavy atom. The van der Waals surface area contributed by atoms with Crippen LogP contribution >= 0.6 is 0 Å². The highest BCUT2D eigenvalue weighted by Crippen LogP contribution is 2.16. The summed E-state index contributed by atoms with van der Waals surface area (Å²) >= 11 is 0. The first-order chi connectivity index (χ1) is 6.41. The van der Waals surface area contributed by atoms with Crippen molar-refractivity contribution < 1.29 is 4.74 Å². The summed E-state index contributed by atoms with van der Waals surface area (Å²) < 4.78 is 7.57. The molecule has 0 bridgehead atoms. The summed E-state index contributed by atoms with van der Waals surface area (Å²) in [6.07, 6.45) is 2.09. The van der Waals surface area contributed by atoms with Gasteiger partial charge in [-0.25, -0.2) is 0 Å². The Labute approximate surface area is 86.1 Å². The molecule has 0 unspecified atom stereocenters. The van der Waals surface area contributed by atoms with Crippen molar-refractivity contribution in [3.05, 3.63) is 18.0 Å². The molecule has 1 aromatic heterocycles. The second-order valence-electron chi connectivity index (χ2n) is 4.76. The molecule has 1 rings (SSSR count). The molecule has 0 aromatic carbocycles. The molecular formula is C11H20N2O. The van der Waals surface area contributed by atoms with Crippen LogP contribution in [0.25, 0.3) is 0 Å². The number of ether oxygens (including phenoxy) is 1. The number of nitrogens with zero attached hydrogens (tertiary/aromatic N) is 2. The maximum Gasteiger partial charge on any atom is 0.0888 e. The third-order valence-corrected chi connectivity index (χ3v) is 1.92. The van der Waals surface area contributed by atoms with E-state index in [0.29, 0.717) is 6.61 Å². The van der Waals surface area contributed by atoms with E-state index in [9.17, 15) is 0 Å². The second kappa shape index (κ2) is 4.13. The minimum Gasteiger partial charge on any atom is -0.373 e. The summed E-state index contributed by atoms with van der Waals surface area (Å²) in [5.41, 5.74) is 1.16. The molecule has 0 saturated heterocycles. The van der Waals surface area contributed by atoms with E-state index in [2.05, 4.69) is 25.9 Å². The predicted octanol–water partition coefficient (Wildman–Crippen LogP) is 2.56. The summed E-state index contributed by atoms with van der Waals surface area (Å²) in [5, 5.41) is 4.30. The van der Waals surface area contributed by atoms with Crippen molar-refractivity contribution in [2.45, 2.75) is 52.9 Å². The zero-order valence-electron chi connectivity index (χ0n) is 9.74. The highest BCUT2D eigenvalue weighted by Gasteiger charge is 2.17. The van der Waals surface area contributed by atoms with Gasteiger partial charge < -0.3 is 4.74 Å². The molecule has 0 fully saturated rings. The lowest BCUT2D eigenvalue weighted by atomic mass is 10.1. The molecule has 0 N–H and O–H groups in total. The molecule has 0 aliphatic rings. The molecule has 0 atom stereocenters. The lowest BCUT2D eigenvalue weighted by Gasteiger charge is -2.22. The molecule has 3 heteroatoms. The first kappa shape index (κ1) is 11.2. The molecule has 0 spiro atoms. The van der Waals surface area contributed by atoms with Gasteiger partial charge in [0.25, 0.3) is 0 Å². The monoisotopic (exact) mass is 196 g/mol.